The van der Waals surface area contributed by atoms with Crippen molar-refractivity contribution in [2.75, 3.05) is 0 Å². The van der Waals surface area contributed by atoms with Gasteiger partial charge in [0, 0.05) is 27.7 Å². The monoisotopic (exact) mass is 279 g/mol. The van der Waals surface area contributed by atoms with Crippen LogP contribution in [0.4, 0.5) is 0 Å². The van der Waals surface area contributed by atoms with E-state index in [2.05, 4.69) is 45.7 Å². The van der Waals surface area contributed by atoms with E-state index in [0.29, 0.717) is 0 Å². The molecule has 2 aromatic rings. The van der Waals surface area contributed by atoms with Crippen molar-refractivity contribution in [3.63, 3.8) is 0 Å². The van der Waals surface area contributed by atoms with Gasteiger partial charge in [-0.2, -0.15) is 0 Å². The lowest BCUT2D eigenvalue weighted by atomic mass is 10.1. The van der Waals surface area contributed by atoms with Crippen molar-refractivity contribution in [2.45, 2.75) is 11.3 Å². The highest BCUT2D eigenvalue weighted by Crippen LogP contribution is 2.19. The van der Waals surface area contributed by atoms with Crippen molar-refractivity contribution in [1.82, 2.24) is 4.98 Å². The van der Waals surface area contributed by atoms with E-state index >= 15 is 0 Å². The first kappa shape index (κ1) is 10.7. The second-order valence-corrected chi connectivity index (χ2v) is 4.75. The first-order chi connectivity index (χ1) is 7.24. The van der Waals surface area contributed by atoms with Crippen LogP contribution >= 0.6 is 28.6 Å². The van der Waals surface area contributed by atoms with E-state index in [-0.39, 0.29) is 0 Å². The van der Waals surface area contributed by atoms with Gasteiger partial charge in [0.1, 0.15) is 0 Å². The number of rotatable bonds is 2. The number of aromatic nitrogens is 1. The van der Waals surface area contributed by atoms with Crippen molar-refractivity contribution in [3.05, 3.63) is 58.3 Å². The molecule has 0 fully saturated rings. The van der Waals surface area contributed by atoms with E-state index in [4.69, 9.17) is 0 Å². The highest BCUT2D eigenvalue weighted by atomic mass is 79.9. The number of hydrogen-bond donors (Lipinski definition) is 1. The van der Waals surface area contributed by atoms with Gasteiger partial charge in [-0.15, -0.1) is 12.6 Å². The van der Waals surface area contributed by atoms with Crippen LogP contribution in [-0.4, -0.2) is 4.98 Å². The molecule has 0 atom stereocenters. The fourth-order valence-corrected chi connectivity index (χ4v) is 2.47. The topological polar surface area (TPSA) is 12.9 Å². The predicted molar refractivity (Wildman–Crippen MR) is 68.4 cm³/mol. The summed E-state index contributed by atoms with van der Waals surface area (Å²) in [5.74, 6) is 0. The molecule has 15 heavy (non-hydrogen) atoms. The fraction of sp³-hybridized carbons (Fsp3) is 0.0833. The second kappa shape index (κ2) is 4.81. The van der Waals surface area contributed by atoms with Crippen LogP contribution in [0.1, 0.15) is 11.3 Å². The average Bonchev–Trinajstić information content (AvgIpc) is 2.17. The Morgan fingerprint density at radius 1 is 1.20 bits per heavy atom. The van der Waals surface area contributed by atoms with Crippen LogP contribution in [0, 0.1) is 0 Å². The lowest BCUT2D eigenvalue weighted by Crippen LogP contribution is -1.91. The Bertz CT molecular complexity index is 436. The van der Waals surface area contributed by atoms with Crippen LogP contribution < -0.4 is 0 Å². The molecule has 1 aromatic heterocycles. The molecule has 0 bridgehead atoms. The molecule has 0 N–H and O–H groups in total. The number of benzene rings is 1. The largest absolute Gasteiger partial charge is 0.261 e. The molecule has 0 amide bonds. The summed E-state index contributed by atoms with van der Waals surface area (Å²) in [5.41, 5.74) is 2.29. The van der Waals surface area contributed by atoms with Crippen LogP contribution in [0.2, 0.25) is 0 Å². The Kier molecular flexibility index (Phi) is 3.44. The smallest absolute Gasteiger partial charge is 0.0447 e. The molecule has 3 heteroatoms. The summed E-state index contributed by atoms with van der Waals surface area (Å²) in [5, 5.41) is 0. The van der Waals surface area contributed by atoms with E-state index in [9.17, 15) is 0 Å². The summed E-state index contributed by atoms with van der Waals surface area (Å²) < 4.78 is 1.06. The van der Waals surface area contributed by atoms with Crippen molar-refractivity contribution >= 4 is 28.6 Å². The van der Waals surface area contributed by atoms with Gasteiger partial charge in [0.05, 0.1) is 0 Å². The molecular weight excluding hydrogens is 270 g/mol. The van der Waals surface area contributed by atoms with Crippen LogP contribution in [0.5, 0.6) is 0 Å². The van der Waals surface area contributed by atoms with Gasteiger partial charge in [0.2, 0.25) is 0 Å². The quantitative estimate of drug-likeness (QED) is 0.827. The van der Waals surface area contributed by atoms with Crippen molar-refractivity contribution in [3.8, 4) is 0 Å². The zero-order chi connectivity index (χ0) is 10.7. The average molecular weight is 280 g/mol. The summed E-state index contributed by atoms with van der Waals surface area (Å²) in [6.07, 6.45) is 2.66. The maximum Gasteiger partial charge on any atom is 0.0447 e. The molecule has 0 spiro atoms. The maximum atomic E-state index is 4.34. The number of pyridine rings is 1. The molecule has 1 heterocycles. The molecule has 0 aliphatic heterocycles. The summed E-state index contributed by atoms with van der Waals surface area (Å²) >= 11 is 7.80. The van der Waals surface area contributed by atoms with Crippen LogP contribution in [0.3, 0.4) is 0 Å². The van der Waals surface area contributed by atoms with Crippen molar-refractivity contribution < 1.29 is 0 Å². The minimum atomic E-state index is 0.841. The van der Waals surface area contributed by atoms with E-state index in [1.807, 2.05) is 30.5 Å². The molecule has 0 aliphatic carbocycles. The van der Waals surface area contributed by atoms with Crippen LogP contribution in [-0.2, 0) is 6.42 Å². The van der Waals surface area contributed by atoms with Gasteiger partial charge < -0.3 is 0 Å². The molecule has 2 rings (SSSR count). The maximum absolute atomic E-state index is 4.34. The number of thiol groups is 1. The third-order valence-electron chi connectivity index (χ3n) is 2.05. The molecule has 0 radical (unpaired) electrons. The Morgan fingerprint density at radius 2 is 2.07 bits per heavy atom. The fourth-order valence-electron chi connectivity index (χ4n) is 1.45. The van der Waals surface area contributed by atoms with E-state index < -0.39 is 0 Å². The zero-order valence-corrected chi connectivity index (χ0v) is 10.5. The van der Waals surface area contributed by atoms with Gasteiger partial charge in [0.25, 0.3) is 0 Å². The lowest BCUT2D eigenvalue weighted by Gasteiger charge is -2.03. The first-order valence-electron chi connectivity index (χ1n) is 4.62. The van der Waals surface area contributed by atoms with Crippen LogP contribution in [0.15, 0.2) is 52.0 Å². The van der Waals surface area contributed by atoms with E-state index in [1.54, 1.807) is 0 Å². The summed E-state index contributed by atoms with van der Waals surface area (Å²) in [4.78, 5) is 5.26. The molecule has 1 nitrogen and oxygen atoms in total. The minimum absolute atomic E-state index is 0.841. The minimum Gasteiger partial charge on any atom is -0.261 e. The highest BCUT2D eigenvalue weighted by molar-refractivity contribution is 9.10. The molecule has 1 aromatic carbocycles. The van der Waals surface area contributed by atoms with Gasteiger partial charge in [-0.25, -0.2) is 0 Å². The Balaban J connectivity index is 2.25. The standard InChI is InChI=1S/C12H10BrNS/c13-10-5-9(7-12(15)8-10)6-11-3-1-2-4-14-11/h1-5,7-8,15H,6H2. The Hall–Kier alpha value is -0.800. The summed E-state index contributed by atoms with van der Waals surface area (Å²) in [7, 11) is 0. The predicted octanol–water partition coefficient (Wildman–Crippen LogP) is 3.72. The first-order valence-corrected chi connectivity index (χ1v) is 5.86. The number of halogens is 1. The third kappa shape index (κ3) is 3.08. The van der Waals surface area contributed by atoms with Crippen LogP contribution in [0.25, 0.3) is 0 Å². The zero-order valence-electron chi connectivity index (χ0n) is 8.02. The van der Waals surface area contributed by atoms with Crippen molar-refractivity contribution in [1.29, 1.82) is 0 Å². The molecule has 76 valence electrons. The number of nitrogens with zero attached hydrogens (tertiary/aromatic N) is 1. The van der Waals surface area contributed by atoms with E-state index in [1.165, 1.54) is 5.56 Å². The Morgan fingerprint density at radius 3 is 2.73 bits per heavy atom. The highest BCUT2D eigenvalue weighted by Gasteiger charge is 1.99. The van der Waals surface area contributed by atoms with E-state index in [0.717, 1.165) is 21.5 Å². The summed E-state index contributed by atoms with van der Waals surface area (Å²) in [6, 6.07) is 12.1. The molecule has 0 saturated carbocycles. The lowest BCUT2D eigenvalue weighted by molar-refractivity contribution is 1.06. The van der Waals surface area contributed by atoms with Gasteiger partial charge in [0.15, 0.2) is 0 Å². The normalized spacial score (nSPS) is 10.3. The molecular formula is C12H10BrNS. The Labute approximate surface area is 103 Å². The number of hydrogen-bond acceptors (Lipinski definition) is 2. The summed E-state index contributed by atoms with van der Waals surface area (Å²) in [6.45, 7) is 0. The van der Waals surface area contributed by atoms with Gasteiger partial charge >= 0.3 is 0 Å². The second-order valence-electron chi connectivity index (χ2n) is 3.32. The third-order valence-corrected chi connectivity index (χ3v) is 2.77. The van der Waals surface area contributed by atoms with Gasteiger partial charge in [-0.1, -0.05) is 22.0 Å². The van der Waals surface area contributed by atoms with Gasteiger partial charge in [-0.3, -0.25) is 4.98 Å². The molecule has 0 aliphatic rings. The SMILES string of the molecule is Sc1cc(Br)cc(Cc2ccccn2)c1. The molecule has 0 saturated heterocycles. The van der Waals surface area contributed by atoms with Gasteiger partial charge in [-0.05, 0) is 35.9 Å². The molecule has 0 unspecified atom stereocenters. The van der Waals surface area contributed by atoms with Crippen molar-refractivity contribution in [2.24, 2.45) is 0 Å².